The molecule has 0 aliphatic carbocycles. The fraction of sp³-hybridized carbons (Fsp3) is 0.167. The molecule has 0 aliphatic rings. The first-order chi connectivity index (χ1) is 12.7. The van der Waals surface area contributed by atoms with Crippen molar-refractivity contribution in [1.82, 2.24) is 10.3 Å². The molecule has 3 rings (SSSR count). The molecule has 0 radical (unpaired) electrons. The van der Waals surface area contributed by atoms with Gasteiger partial charge in [-0.1, -0.05) is 12.1 Å². The molecule has 134 valence electrons. The first-order valence-corrected chi connectivity index (χ1v) is 9.96. The molecule has 0 atom stereocenters. The Morgan fingerprint density at radius 2 is 2.04 bits per heavy atom. The molecule has 2 amide bonds. The fourth-order valence-electron chi connectivity index (χ4n) is 2.19. The molecule has 0 unspecified atom stereocenters. The Bertz CT molecular complexity index is 873. The third-order valence-electron chi connectivity index (χ3n) is 3.56. The van der Waals surface area contributed by atoms with Crippen LogP contribution >= 0.6 is 23.1 Å². The molecule has 3 aromatic rings. The van der Waals surface area contributed by atoms with E-state index in [4.69, 9.17) is 4.42 Å². The van der Waals surface area contributed by atoms with Crippen molar-refractivity contribution in [3.63, 3.8) is 0 Å². The number of anilines is 1. The molecule has 26 heavy (non-hydrogen) atoms. The van der Waals surface area contributed by atoms with Crippen molar-refractivity contribution < 1.29 is 14.0 Å². The normalized spacial score (nSPS) is 10.5. The van der Waals surface area contributed by atoms with Crippen molar-refractivity contribution in [2.45, 2.75) is 11.3 Å². The van der Waals surface area contributed by atoms with E-state index in [1.54, 1.807) is 17.8 Å². The van der Waals surface area contributed by atoms with E-state index in [9.17, 15) is 9.59 Å². The zero-order chi connectivity index (χ0) is 18.4. The summed E-state index contributed by atoms with van der Waals surface area (Å²) in [6, 6.07) is 9.68. The number of nitrogens with one attached hydrogen (secondary N) is 2. The standard InChI is InChI=1S/C18H17N3O3S2/c1-25-14-4-2-12(3-5-14)15-11-26-18(20-15)21-16(22)6-8-19-17(23)13-7-9-24-10-13/h2-5,7,9-11H,6,8H2,1H3,(H,19,23)(H,20,21,22). The van der Waals surface area contributed by atoms with Gasteiger partial charge in [-0.15, -0.1) is 23.1 Å². The van der Waals surface area contributed by atoms with E-state index >= 15 is 0 Å². The molecule has 0 bridgehead atoms. The average Bonchev–Trinajstić information content (AvgIpc) is 3.34. The van der Waals surface area contributed by atoms with E-state index in [1.165, 1.54) is 28.8 Å². The highest BCUT2D eigenvalue weighted by molar-refractivity contribution is 7.98. The third kappa shape index (κ3) is 4.74. The molecule has 8 heteroatoms. The van der Waals surface area contributed by atoms with Crippen LogP contribution in [0.15, 0.2) is 57.6 Å². The van der Waals surface area contributed by atoms with Crippen molar-refractivity contribution in [3.8, 4) is 11.3 Å². The van der Waals surface area contributed by atoms with E-state index in [1.807, 2.05) is 35.9 Å². The number of thiazole rings is 1. The highest BCUT2D eigenvalue weighted by Crippen LogP contribution is 2.26. The Labute approximate surface area is 159 Å². The van der Waals surface area contributed by atoms with Gasteiger partial charge in [-0.25, -0.2) is 4.98 Å². The van der Waals surface area contributed by atoms with E-state index in [2.05, 4.69) is 15.6 Å². The van der Waals surface area contributed by atoms with Crippen LogP contribution in [0.1, 0.15) is 16.8 Å². The summed E-state index contributed by atoms with van der Waals surface area (Å²) in [5, 5.41) is 7.87. The van der Waals surface area contributed by atoms with Crippen LogP contribution in [0.5, 0.6) is 0 Å². The molecule has 1 aromatic carbocycles. The van der Waals surface area contributed by atoms with Gasteiger partial charge in [-0.2, -0.15) is 0 Å². The van der Waals surface area contributed by atoms with E-state index in [-0.39, 0.29) is 24.8 Å². The number of nitrogens with zero attached hydrogens (tertiary/aromatic N) is 1. The van der Waals surface area contributed by atoms with Crippen LogP contribution in [-0.2, 0) is 4.79 Å². The van der Waals surface area contributed by atoms with Crippen molar-refractivity contribution >= 4 is 40.0 Å². The predicted octanol–water partition coefficient (Wildman–Crippen LogP) is 3.88. The Morgan fingerprint density at radius 3 is 2.73 bits per heavy atom. The maximum absolute atomic E-state index is 12.0. The Kier molecular flexibility index (Phi) is 6.08. The number of thioether (sulfide) groups is 1. The molecule has 0 saturated heterocycles. The van der Waals surface area contributed by atoms with Crippen molar-refractivity contribution in [3.05, 3.63) is 53.8 Å². The maximum Gasteiger partial charge on any atom is 0.254 e. The van der Waals surface area contributed by atoms with E-state index in [0.29, 0.717) is 10.7 Å². The highest BCUT2D eigenvalue weighted by Gasteiger charge is 2.10. The number of carbonyl (C=O) groups is 2. The van der Waals surface area contributed by atoms with Crippen LogP contribution in [-0.4, -0.2) is 29.6 Å². The third-order valence-corrected chi connectivity index (χ3v) is 5.06. The number of carbonyl (C=O) groups excluding carboxylic acids is 2. The van der Waals surface area contributed by atoms with Crippen LogP contribution in [0.4, 0.5) is 5.13 Å². The van der Waals surface area contributed by atoms with Crippen LogP contribution < -0.4 is 10.6 Å². The molecule has 2 N–H and O–H groups in total. The van der Waals surface area contributed by atoms with E-state index < -0.39 is 0 Å². The molecule has 2 heterocycles. The molecule has 2 aromatic heterocycles. The van der Waals surface area contributed by atoms with Crippen molar-refractivity contribution in [1.29, 1.82) is 0 Å². The summed E-state index contributed by atoms with van der Waals surface area (Å²) in [7, 11) is 0. The van der Waals surface area contributed by atoms with Crippen molar-refractivity contribution in [2.75, 3.05) is 18.1 Å². The zero-order valence-corrected chi connectivity index (χ0v) is 15.7. The van der Waals surface area contributed by atoms with Crippen molar-refractivity contribution in [2.24, 2.45) is 0 Å². The number of benzene rings is 1. The van der Waals surface area contributed by atoms with Gasteiger partial charge in [-0.05, 0) is 24.5 Å². The van der Waals surface area contributed by atoms with Gasteiger partial charge in [0.25, 0.3) is 5.91 Å². The minimum Gasteiger partial charge on any atom is -0.472 e. The number of hydrogen-bond acceptors (Lipinski definition) is 6. The predicted molar refractivity (Wildman–Crippen MR) is 104 cm³/mol. The maximum atomic E-state index is 12.0. The summed E-state index contributed by atoms with van der Waals surface area (Å²) in [5.74, 6) is -0.465. The lowest BCUT2D eigenvalue weighted by Gasteiger charge is -2.03. The van der Waals surface area contributed by atoms with Gasteiger partial charge in [0, 0.05) is 28.8 Å². The summed E-state index contributed by atoms with van der Waals surface area (Å²) >= 11 is 3.06. The molecule has 6 nitrogen and oxygen atoms in total. The zero-order valence-electron chi connectivity index (χ0n) is 14.0. The fourth-order valence-corrected chi connectivity index (χ4v) is 3.34. The molecule has 0 aliphatic heterocycles. The summed E-state index contributed by atoms with van der Waals surface area (Å²) in [6.07, 6.45) is 4.98. The first-order valence-electron chi connectivity index (χ1n) is 7.86. The smallest absolute Gasteiger partial charge is 0.254 e. The lowest BCUT2D eigenvalue weighted by molar-refractivity contribution is -0.116. The second-order valence-electron chi connectivity index (χ2n) is 5.33. The monoisotopic (exact) mass is 387 g/mol. The summed E-state index contributed by atoms with van der Waals surface area (Å²) < 4.78 is 4.85. The number of furan rings is 1. The minimum absolute atomic E-state index is 0.168. The molecule has 0 saturated carbocycles. The van der Waals surface area contributed by atoms with Crippen LogP contribution in [0.25, 0.3) is 11.3 Å². The average molecular weight is 387 g/mol. The highest BCUT2D eigenvalue weighted by atomic mass is 32.2. The van der Waals surface area contributed by atoms with Gasteiger partial charge < -0.3 is 15.1 Å². The number of amides is 2. The summed E-state index contributed by atoms with van der Waals surface area (Å²) in [6.45, 7) is 0.240. The number of rotatable bonds is 7. The van der Waals surface area contributed by atoms with Crippen LogP contribution in [0.2, 0.25) is 0 Å². The van der Waals surface area contributed by atoms with Gasteiger partial charge >= 0.3 is 0 Å². The Morgan fingerprint density at radius 1 is 1.23 bits per heavy atom. The topological polar surface area (TPSA) is 84.2 Å². The van der Waals surface area contributed by atoms with Gasteiger partial charge in [0.05, 0.1) is 17.5 Å². The first kappa shape index (κ1) is 18.2. The second kappa shape index (κ2) is 8.68. The Balaban J connectivity index is 1.48. The SMILES string of the molecule is CSc1ccc(-c2csc(NC(=O)CCNC(=O)c3ccoc3)n2)cc1. The van der Waals surface area contributed by atoms with Crippen LogP contribution in [0, 0.1) is 0 Å². The van der Waals surface area contributed by atoms with Gasteiger partial charge in [-0.3, -0.25) is 9.59 Å². The number of aromatic nitrogens is 1. The minimum atomic E-state index is -0.267. The number of hydrogen-bond donors (Lipinski definition) is 2. The van der Waals surface area contributed by atoms with E-state index in [0.717, 1.165) is 11.3 Å². The molecular weight excluding hydrogens is 370 g/mol. The molecular formula is C18H17N3O3S2. The summed E-state index contributed by atoms with van der Waals surface area (Å²) in [5.41, 5.74) is 2.26. The second-order valence-corrected chi connectivity index (χ2v) is 7.07. The molecule has 0 spiro atoms. The van der Waals surface area contributed by atoms with Gasteiger partial charge in [0.15, 0.2) is 5.13 Å². The Hall–Kier alpha value is -2.58. The quantitative estimate of drug-likeness (QED) is 0.601. The van der Waals surface area contributed by atoms with Gasteiger partial charge in [0.2, 0.25) is 5.91 Å². The lowest BCUT2D eigenvalue weighted by atomic mass is 10.2. The lowest BCUT2D eigenvalue weighted by Crippen LogP contribution is -2.27. The largest absolute Gasteiger partial charge is 0.472 e. The molecule has 0 fully saturated rings. The van der Waals surface area contributed by atoms with Crippen LogP contribution in [0.3, 0.4) is 0 Å². The van der Waals surface area contributed by atoms with Gasteiger partial charge in [0.1, 0.15) is 6.26 Å². The summed E-state index contributed by atoms with van der Waals surface area (Å²) in [4.78, 5) is 29.4.